The van der Waals surface area contributed by atoms with Crippen LogP contribution in [0.15, 0.2) is 0 Å². The van der Waals surface area contributed by atoms with Gasteiger partial charge in [-0.1, -0.05) is 26.7 Å². The van der Waals surface area contributed by atoms with E-state index in [4.69, 9.17) is 0 Å². The third-order valence-corrected chi connectivity index (χ3v) is 2.99. The summed E-state index contributed by atoms with van der Waals surface area (Å²) in [5, 5.41) is 13.2. The average molecular weight is 185 g/mol. The molecule has 0 bridgehead atoms. The molecule has 0 saturated carbocycles. The molecule has 1 aliphatic rings. The molecule has 1 aliphatic heterocycles. The maximum absolute atomic E-state index is 9.88. The van der Waals surface area contributed by atoms with E-state index in [0.29, 0.717) is 12.0 Å². The van der Waals surface area contributed by atoms with E-state index in [1.54, 1.807) is 0 Å². The van der Waals surface area contributed by atoms with E-state index in [9.17, 15) is 5.11 Å². The van der Waals surface area contributed by atoms with Gasteiger partial charge in [0.1, 0.15) is 0 Å². The summed E-state index contributed by atoms with van der Waals surface area (Å²) in [5.74, 6) is 0.669. The van der Waals surface area contributed by atoms with Gasteiger partial charge in [-0.15, -0.1) is 0 Å². The Labute approximate surface area is 81.7 Å². The van der Waals surface area contributed by atoms with Gasteiger partial charge in [0.25, 0.3) is 0 Å². The molecule has 78 valence electrons. The van der Waals surface area contributed by atoms with E-state index in [0.717, 1.165) is 19.4 Å². The number of rotatable bonds is 5. The van der Waals surface area contributed by atoms with Gasteiger partial charge in [-0.05, 0) is 31.7 Å². The molecule has 0 aromatic rings. The van der Waals surface area contributed by atoms with E-state index in [2.05, 4.69) is 19.2 Å². The second-order valence-corrected chi connectivity index (χ2v) is 4.40. The molecule has 13 heavy (non-hydrogen) atoms. The molecule has 0 aromatic heterocycles. The van der Waals surface area contributed by atoms with Crippen LogP contribution in [0, 0.1) is 5.92 Å². The Kier molecular flexibility index (Phi) is 4.74. The number of hydrogen-bond acceptors (Lipinski definition) is 2. The minimum Gasteiger partial charge on any atom is -0.391 e. The lowest BCUT2D eigenvalue weighted by atomic mass is 9.94. The van der Waals surface area contributed by atoms with Crippen LogP contribution in [0.3, 0.4) is 0 Å². The molecule has 0 aliphatic carbocycles. The van der Waals surface area contributed by atoms with Crippen molar-refractivity contribution in [3.05, 3.63) is 0 Å². The zero-order valence-electron chi connectivity index (χ0n) is 8.92. The maximum atomic E-state index is 9.88. The predicted octanol–water partition coefficient (Wildman–Crippen LogP) is 1.93. The predicted molar refractivity (Wildman–Crippen MR) is 55.7 cm³/mol. The topological polar surface area (TPSA) is 32.3 Å². The first-order valence-corrected chi connectivity index (χ1v) is 5.65. The van der Waals surface area contributed by atoms with Crippen molar-refractivity contribution in [2.75, 3.05) is 6.54 Å². The first-order valence-electron chi connectivity index (χ1n) is 5.65. The van der Waals surface area contributed by atoms with Crippen LogP contribution in [0.2, 0.25) is 0 Å². The van der Waals surface area contributed by atoms with Gasteiger partial charge < -0.3 is 10.4 Å². The van der Waals surface area contributed by atoms with Gasteiger partial charge in [-0.2, -0.15) is 0 Å². The highest BCUT2D eigenvalue weighted by molar-refractivity contribution is 4.82. The molecule has 3 atom stereocenters. The van der Waals surface area contributed by atoms with Crippen LogP contribution in [0.5, 0.6) is 0 Å². The van der Waals surface area contributed by atoms with Crippen LogP contribution in [0.25, 0.3) is 0 Å². The van der Waals surface area contributed by atoms with Crippen LogP contribution in [0.4, 0.5) is 0 Å². The Bertz CT molecular complexity index is 132. The Morgan fingerprint density at radius 2 is 2.31 bits per heavy atom. The van der Waals surface area contributed by atoms with Crippen molar-refractivity contribution in [3.8, 4) is 0 Å². The summed E-state index contributed by atoms with van der Waals surface area (Å²) < 4.78 is 0. The Balaban J connectivity index is 2.18. The van der Waals surface area contributed by atoms with E-state index < -0.39 is 0 Å². The van der Waals surface area contributed by atoms with Crippen LogP contribution in [-0.2, 0) is 0 Å². The van der Waals surface area contributed by atoms with Crippen molar-refractivity contribution in [2.45, 2.75) is 58.1 Å². The molecule has 1 heterocycles. The van der Waals surface area contributed by atoms with Gasteiger partial charge in [-0.3, -0.25) is 0 Å². The highest BCUT2D eigenvalue weighted by Gasteiger charge is 2.23. The first-order chi connectivity index (χ1) is 6.24. The standard InChI is InChI=1S/C11H23NO/c1-3-5-9(2)8-11(13)10-6-4-7-12-10/h9-13H,3-8H2,1-2H3. The fourth-order valence-electron chi connectivity index (χ4n) is 2.23. The van der Waals surface area contributed by atoms with E-state index in [-0.39, 0.29) is 6.10 Å². The SMILES string of the molecule is CCCC(C)CC(O)C1CCCN1. The molecule has 2 nitrogen and oxygen atoms in total. The Morgan fingerprint density at radius 3 is 2.85 bits per heavy atom. The van der Waals surface area contributed by atoms with Crippen molar-refractivity contribution in [1.82, 2.24) is 5.32 Å². The number of aliphatic hydroxyl groups is 1. The van der Waals surface area contributed by atoms with Crippen molar-refractivity contribution >= 4 is 0 Å². The smallest absolute Gasteiger partial charge is 0.0695 e. The molecule has 1 rings (SSSR count). The third-order valence-electron chi connectivity index (χ3n) is 2.99. The molecule has 2 N–H and O–H groups in total. The summed E-state index contributed by atoms with van der Waals surface area (Å²) in [5.41, 5.74) is 0. The van der Waals surface area contributed by atoms with E-state index in [1.165, 1.54) is 19.3 Å². The molecular weight excluding hydrogens is 162 g/mol. The zero-order chi connectivity index (χ0) is 9.68. The van der Waals surface area contributed by atoms with Crippen LogP contribution >= 0.6 is 0 Å². The molecule has 0 radical (unpaired) electrons. The number of aliphatic hydroxyl groups excluding tert-OH is 1. The molecule has 0 spiro atoms. The molecular formula is C11H23NO. The number of nitrogens with one attached hydrogen (secondary N) is 1. The van der Waals surface area contributed by atoms with Crippen LogP contribution in [-0.4, -0.2) is 23.8 Å². The second-order valence-electron chi connectivity index (χ2n) is 4.40. The molecule has 0 amide bonds. The highest BCUT2D eigenvalue weighted by atomic mass is 16.3. The van der Waals surface area contributed by atoms with Crippen LogP contribution < -0.4 is 5.32 Å². The Morgan fingerprint density at radius 1 is 1.54 bits per heavy atom. The van der Waals surface area contributed by atoms with Crippen molar-refractivity contribution < 1.29 is 5.11 Å². The Hall–Kier alpha value is -0.0800. The van der Waals surface area contributed by atoms with Crippen molar-refractivity contribution in [1.29, 1.82) is 0 Å². The second kappa shape index (κ2) is 5.61. The van der Waals surface area contributed by atoms with Gasteiger partial charge in [0, 0.05) is 6.04 Å². The first kappa shape index (κ1) is 11.0. The normalized spacial score (nSPS) is 27.5. The summed E-state index contributed by atoms with van der Waals surface area (Å²) in [6, 6.07) is 0.374. The minimum absolute atomic E-state index is 0.121. The summed E-state index contributed by atoms with van der Waals surface area (Å²) in [7, 11) is 0. The molecule has 3 unspecified atom stereocenters. The summed E-state index contributed by atoms with van der Waals surface area (Å²) in [6.45, 7) is 5.53. The zero-order valence-corrected chi connectivity index (χ0v) is 8.92. The molecule has 2 heteroatoms. The summed E-state index contributed by atoms with van der Waals surface area (Å²) in [4.78, 5) is 0. The van der Waals surface area contributed by atoms with Gasteiger partial charge >= 0.3 is 0 Å². The lowest BCUT2D eigenvalue weighted by Crippen LogP contribution is -2.35. The largest absolute Gasteiger partial charge is 0.391 e. The third kappa shape index (κ3) is 3.65. The average Bonchev–Trinajstić information content (AvgIpc) is 2.55. The molecule has 0 aromatic carbocycles. The maximum Gasteiger partial charge on any atom is 0.0695 e. The van der Waals surface area contributed by atoms with E-state index >= 15 is 0 Å². The van der Waals surface area contributed by atoms with Gasteiger partial charge in [0.2, 0.25) is 0 Å². The highest BCUT2D eigenvalue weighted by Crippen LogP contribution is 2.18. The van der Waals surface area contributed by atoms with E-state index in [1.807, 2.05) is 0 Å². The fourth-order valence-corrected chi connectivity index (χ4v) is 2.23. The quantitative estimate of drug-likeness (QED) is 0.686. The summed E-state index contributed by atoms with van der Waals surface area (Å²) in [6.07, 6.45) is 5.69. The number of hydrogen-bond donors (Lipinski definition) is 2. The summed E-state index contributed by atoms with van der Waals surface area (Å²) >= 11 is 0. The van der Waals surface area contributed by atoms with Gasteiger partial charge in [-0.25, -0.2) is 0 Å². The van der Waals surface area contributed by atoms with Gasteiger partial charge in [0.05, 0.1) is 6.10 Å². The lowest BCUT2D eigenvalue weighted by Gasteiger charge is -2.21. The monoisotopic (exact) mass is 185 g/mol. The van der Waals surface area contributed by atoms with Crippen LogP contribution in [0.1, 0.15) is 46.0 Å². The molecule has 1 fully saturated rings. The molecule has 1 saturated heterocycles. The van der Waals surface area contributed by atoms with Crippen molar-refractivity contribution in [2.24, 2.45) is 5.92 Å². The minimum atomic E-state index is -0.121. The van der Waals surface area contributed by atoms with Gasteiger partial charge in [0.15, 0.2) is 0 Å². The lowest BCUT2D eigenvalue weighted by molar-refractivity contribution is 0.108. The fraction of sp³-hybridized carbons (Fsp3) is 1.00. The van der Waals surface area contributed by atoms with Crippen molar-refractivity contribution in [3.63, 3.8) is 0 Å².